The Hall–Kier alpha value is -4.97. The molecular weight excluding hydrogens is 973 g/mol. The Labute approximate surface area is 486 Å². The molecule has 79 heavy (non-hydrogen) atoms. The molecule has 0 aromatic heterocycles. The van der Waals surface area contributed by atoms with Crippen LogP contribution in [0.5, 0.6) is 0 Å². The standard InChI is InChI=1S/C73H116O6/c1-4-7-10-13-16-19-22-25-28-31-33-35-36-38-39-42-45-48-51-54-57-60-63-66-72(75)78-69-70(68-77-71(74)65-62-59-56-53-50-47-44-41-30-27-24-21-18-15-12-9-6-3)79-73(76)67-64-61-58-55-52-49-46-43-40-37-34-32-29-26-23-20-17-14-11-8-5-2/h7-12,16-21,25-30,33-35,37-39,43,46,70H,4-6,13-15,22-24,31-32,36,40-42,44-45,47-69H2,1-3H3/b10-7-,11-8-,12-9-,19-16-,20-17-,21-18-,28-25-,29-26-,30-27-,35-33-,37-34-,39-38-,46-43-. The quantitative estimate of drug-likeness (QED) is 0.0261. The molecule has 0 aromatic rings. The van der Waals surface area contributed by atoms with E-state index in [1.807, 2.05) is 0 Å². The molecule has 0 amide bonds. The van der Waals surface area contributed by atoms with Gasteiger partial charge in [-0.3, -0.25) is 14.4 Å². The van der Waals surface area contributed by atoms with Gasteiger partial charge in [0.25, 0.3) is 0 Å². The van der Waals surface area contributed by atoms with E-state index in [2.05, 4.69) is 179 Å². The van der Waals surface area contributed by atoms with Gasteiger partial charge in [-0.15, -0.1) is 0 Å². The van der Waals surface area contributed by atoms with E-state index < -0.39 is 6.10 Å². The lowest BCUT2D eigenvalue weighted by Crippen LogP contribution is -2.30. The maximum atomic E-state index is 12.9. The van der Waals surface area contributed by atoms with Crippen LogP contribution in [-0.2, 0) is 28.6 Å². The summed E-state index contributed by atoms with van der Waals surface area (Å²) in [5, 5.41) is 0. The molecule has 0 aromatic carbocycles. The van der Waals surface area contributed by atoms with Gasteiger partial charge in [0.1, 0.15) is 13.2 Å². The summed E-state index contributed by atoms with van der Waals surface area (Å²) < 4.78 is 16.9. The van der Waals surface area contributed by atoms with Gasteiger partial charge in [-0.2, -0.15) is 0 Å². The topological polar surface area (TPSA) is 78.9 Å². The summed E-state index contributed by atoms with van der Waals surface area (Å²) in [6, 6.07) is 0. The third-order valence-corrected chi connectivity index (χ3v) is 13.0. The van der Waals surface area contributed by atoms with Gasteiger partial charge in [0.2, 0.25) is 0 Å². The first-order valence-corrected chi connectivity index (χ1v) is 32.0. The van der Waals surface area contributed by atoms with Crippen LogP contribution >= 0.6 is 0 Å². The van der Waals surface area contributed by atoms with Crippen molar-refractivity contribution in [2.24, 2.45) is 0 Å². The summed E-state index contributed by atoms with van der Waals surface area (Å²) in [6.45, 7) is 6.27. The molecule has 0 rings (SSSR count). The molecule has 0 aliphatic heterocycles. The molecule has 444 valence electrons. The van der Waals surface area contributed by atoms with E-state index in [1.165, 1.54) is 51.4 Å². The first-order chi connectivity index (χ1) is 39.0. The molecule has 0 aliphatic rings. The SMILES string of the molecule is CC/C=C\C/C=C\C/C=C\C/C=C\C/C=C\CCCCCCCCCC(=O)OCC(COC(=O)CCCCCCCCC/C=C\C/C=C\C/C=C\CC)OC(=O)CCCCCCC/C=C\C/C=C\C/C=C\C/C=C\C/C=C\CC. The van der Waals surface area contributed by atoms with Crippen LogP contribution in [0, 0.1) is 0 Å². The van der Waals surface area contributed by atoms with Crippen LogP contribution < -0.4 is 0 Å². The molecule has 0 radical (unpaired) electrons. The van der Waals surface area contributed by atoms with Crippen molar-refractivity contribution in [2.45, 2.75) is 271 Å². The summed E-state index contributed by atoms with van der Waals surface area (Å²) in [4.78, 5) is 38.4. The minimum absolute atomic E-state index is 0.101. The highest BCUT2D eigenvalue weighted by Crippen LogP contribution is 2.14. The zero-order chi connectivity index (χ0) is 57.1. The molecule has 0 saturated heterocycles. The van der Waals surface area contributed by atoms with Gasteiger partial charge in [0.05, 0.1) is 0 Å². The number of unbranched alkanes of at least 4 members (excludes halogenated alkanes) is 19. The zero-order valence-electron chi connectivity index (χ0n) is 50.8. The second kappa shape index (κ2) is 65.5. The minimum Gasteiger partial charge on any atom is -0.462 e. The molecule has 0 aliphatic carbocycles. The Morgan fingerprint density at radius 1 is 0.253 bits per heavy atom. The van der Waals surface area contributed by atoms with Crippen molar-refractivity contribution in [3.05, 3.63) is 158 Å². The highest BCUT2D eigenvalue weighted by Gasteiger charge is 2.19. The predicted octanol–water partition coefficient (Wildman–Crippen LogP) is 22.1. The van der Waals surface area contributed by atoms with Gasteiger partial charge in [0, 0.05) is 19.3 Å². The Bertz CT molecular complexity index is 1780. The smallest absolute Gasteiger partial charge is 0.306 e. The van der Waals surface area contributed by atoms with E-state index in [4.69, 9.17) is 14.2 Å². The summed E-state index contributed by atoms with van der Waals surface area (Å²) in [7, 11) is 0. The summed E-state index contributed by atoms with van der Waals surface area (Å²) >= 11 is 0. The molecule has 1 unspecified atom stereocenters. The molecule has 0 spiro atoms. The number of carbonyl (C=O) groups excluding carboxylic acids is 3. The molecule has 6 nitrogen and oxygen atoms in total. The van der Waals surface area contributed by atoms with Crippen molar-refractivity contribution in [3.8, 4) is 0 Å². The van der Waals surface area contributed by atoms with Gasteiger partial charge in [-0.05, 0) is 141 Å². The Morgan fingerprint density at radius 3 is 0.709 bits per heavy atom. The van der Waals surface area contributed by atoms with Crippen LogP contribution in [-0.4, -0.2) is 37.2 Å². The fourth-order valence-corrected chi connectivity index (χ4v) is 8.33. The average Bonchev–Trinajstić information content (AvgIpc) is 3.45. The fourth-order valence-electron chi connectivity index (χ4n) is 8.33. The number of allylic oxidation sites excluding steroid dienone is 26. The lowest BCUT2D eigenvalue weighted by atomic mass is 10.1. The molecule has 0 bridgehead atoms. The van der Waals surface area contributed by atoms with Crippen LogP contribution in [0.25, 0.3) is 0 Å². The fraction of sp³-hybridized carbons (Fsp3) is 0.603. The van der Waals surface area contributed by atoms with Crippen LogP contribution in [0.1, 0.15) is 265 Å². The van der Waals surface area contributed by atoms with Crippen molar-refractivity contribution in [1.82, 2.24) is 0 Å². The van der Waals surface area contributed by atoms with E-state index >= 15 is 0 Å². The number of hydrogen-bond acceptors (Lipinski definition) is 6. The molecule has 1 atom stereocenters. The van der Waals surface area contributed by atoms with E-state index in [0.717, 1.165) is 173 Å². The molecule has 0 saturated carbocycles. The first-order valence-electron chi connectivity index (χ1n) is 32.0. The molecule has 0 fully saturated rings. The number of rotatable bonds is 56. The van der Waals surface area contributed by atoms with Crippen molar-refractivity contribution in [3.63, 3.8) is 0 Å². The Morgan fingerprint density at radius 2 is 0.456 bits per heavy atom. The van der Waals surface area contributed by atoms with Crippen LogP contribution in [0.2, 0.25) is 0 Å². The number of ether oxygens (including phenoxy) is 3. The maximum absolute atomic E-state index is 12.9. The van der Waals surface area contributed by atoms with Gasteiger partial charge in [-0.1, -0.05) is 262 Å². The zero-order valence-corrected chi connectivity index (χ0v) is 50.8. The van der Waals surface area contributed by atoms with Gasteiger partial charge < -0.3 is 14.2 Å². The Kier molecular flexibility index (Phi) is 61.4. The highest BCUT2D eigenvalue weighted by atomic mass is 16.6. The van der Waals surface area contributed by atoms with Gasteiger partial charge in [-0.25, -0.2) is 0 Å². The van der Waals surface area contributed by atoms with Crippen molar-refractivity contribution >= 4 is 17.9 Å². The highest BCUT2D eigenvalue weighted by molar-refractivity contribution is 5.71. The monoisotopic (exact) mass is 1090 g/mol. The largest absolute Gasteiger partial charge is 0.462 e. The van der Waals surface area contributed by atoms with Crippen LogP contribution in [0.15, 0.2) is 158 Å². The van der Waals surface area contributed by atoms with Gasteiger partial charge >= 0.3 is 17.9 Å². The number of carbonyl (C=O) groups is 3. The van der Waals surface area contributed by atoms with Crippen molar-refractivity contribution in [2.75, 3.05) is 13.2 Å². The summed E-state index contributed by atoms with van der Waals surface area (Å²) in [5.74, 6) is -0.942. The lowest BCUT2D eigenvalue weighted by molar-refractivity contribution is -0.167. The Balaban J connectivity index is 4.49. The molecule has 0 N–H and O–H groups in total. The number of hydrogen-bond donors (Lipinski definition) is 0. The summed E-state index contributed by atoms with van der Waals surface area (Å²) in [5.41, 5.74) is 0. The molecular formula is C73H116O6. The van der Waals surface area contributed by atoms with Gasteiger partial charge in [0.15, 0.2) is 6.10 Å². The van der Waals surface area contributed by atoms with Crippen LogP contribution in [0.4, 0.5) is 0 Å². The number of esters is 3. The third-order valence-electron chi connectivity index (χ3n) is 13.0. The summed E-state index contributed by atoms with van der Waals surface area (Å²) in [6.07, 6.45) is 95.2. The second-order valence-corrected chi connectivity index (χ2v) is 20.5. The first kappa shape index (κ1) is 74.0. The maximum Gasteiger partial charge on any atom is 0.306 e. The lowest BCUT2D eigenvalue weighted by Gasteiger charge is -2.18. The van der Waals surface area contributed by atoms with E-state index in [9.17, 15) is 14.4 Å². The third kappa shape index (κ3) is 63.7. The second-order valence-electron chi connectivity index (χ2n) is 20.5. The normalized spacial score (nSPS) is 13.2. The predicted molar refractivity (Wildman–Crippen MR) is 343 cm³/mol. The minimum atomic E-state index is -0.808. The van der Waals surface area contributed by atoms with E-state index in [1.54, 1.807) is 0 Å². The van der Waals surface area contributed by atoms with Crippen LogP contribution in [0.3, 0.4) is 0 Å². The molecule has 0 heterocycles. The van der Waals surface area contributed by atoms with Crippen molar-refractivity contribution in [1.29, 1.82) is 0 Å². The average molecular weight is 1090 g/mol. The molecule has 6 heteroatoms. The van der Waals surface area contributed by atoms with E-state index in [-0.39, 0.29) is 31.1 Å². The van der Waals surface area contributed by atoms with E-state index in [0.29, 0.717) is 19.3 Å². The van der Waals surface area contributed by atoms with Crippen molar-refractivity contribution < 1.29 is 28.6 Å².